The lowest BCUT2D eigenvalue weighted by molar-refractivity contribution is -0.141. The van der Waals surface area contributed by atoms with Gasteiger partial charge in [0.2, 0.25) is 21.7 Å². The Morgan fingerprint density at radius 2 is 1.74 bits per heavy atom. The Hall–Kier alpha value is -2.85. The number of carbonyl (C=O) groups is 3. The molecule has 39 heavy (non-hydrogen) atoms. The molecule has 2 saturated carbocycles. The van der Waals surface area contributed by atoms with E-state index in [1.165, 1.54) is 12.3 Å². The molecule has 10 heteroatoms. The number of sulfonamides is 1. The van der Waals surface area contributed by atoms with Crippen molar-refractivity contribution in [3.8, 4) is 0 Å². The van der Waals surface area contributed by atoms with Gasteiger partial charge in [0.05, 0.1) is 11.6 Å². The van der Waals surface area contributed by atoms with Gasteiger partial charge in [-0.2, -0.15) is 4.72 Å². The van der Waals surface area contributed by atoms with E-state index in [4.69, 9.17) is 0 Å². The molecule has 1 heterocycles. The van der Waals surface area contributed by atoms with Gasteiger partial charge in [0, 0.05) is 18.1 Å². The van der Waals surface area contributed by atoms with Crippen molar-refractivity contribution >= 4 is 38.5 Å². The molecule has 0 aliphatic heterocycles. The van der Waals surface area contributed by atoms with Crippen LogP contribution in [0.1, 0.15) is 84.0 Å². The van der Waals surface area contributed by atoms with E-state index in [0.717, 1.165) is 38.5 Å². The molecule has 2 aromatic rings. The summed E-state index contributed by atoms with van der Waals surface area (Å²) in [6.07, 6.45) is 10.5. The predicted octanol–water partition coefficient (Wildman–Crippen LogP) is 3.77. The minimum atomic E-state index is -4.13. The zero-order chi connectivity index (χ0) is 27.9. The van der Waals surface area contributed by atoms with E-state index in [-0.39, 0.29) is 4.90 Å². The van der Waals surface area contributed by atoms with Crippen molar-refractivity contribution in [3.05, 3.63) is 36.5 Å². The Labute approximate surface area is 231 Å². The molecule has 9 nitrogen and oxygen atoms in total. The number of nitrogens with zero attached hydrogens (tertiary/aromatic N) is 1. The molecule has 3 N–H and O–H groups in total. The van der Waals surface area contributed by atoms with Gasteiger partial charge in [-0.25, -0.2) is 8.42 Å². The number of pyridine rings is 1. The molecule has 1 atom stereocenters. The highest BCUT2D eigenvalue weighted by Gasteiger charge is 2.45. The molecular weight excluding hydrogens is 516 g/mol. The molecule has 2 amide bonds. The third kappa shape index (κ3) is 7.03. The van der Waals surface area contributed by atoms with E-state index in [0.29, 0.717) is 61.9 Å². The number of benzene rings is 1. The molecular formula is C29H40N4O5S. The number of hydrogen-bond donors (Lipinski definition) is 3. The first-order valence-electron chi connectivity index (χ1n) is 14.3. The maximum absolute atomic E-state index is 13.8. The molecule has 2 fully saturated rings. The highest BCUT2D eigenvalue weighted by molar-refractivity contribution is 7.89. The van der Waals surface area contributed by atoms with E-state index in [1.54, 1.807) is 24.3 Å². The third-order valence-electron chi connectivity index (χ3n) is 8.07. The smallest absolute Gasteiger partial charge is 0.289 e. The summed E-state index contributed by atoms with van der Waals surface area (Å²) in [6.45, 7) is 2.43. The van der Waals surface area contributed by atoms with Gasteiger partial charge < -0.3 is 10.6 Å². The maximum atomic E-state index is 13.8. The maximum Gasteiger partial charge on any atom is 0.289 e. The fraction of sp³-hybridized carbons (Fsp3) is 0.586. The second-order valence-corrected chi connectivity index (χ2v) is 12.6. The van der Waals surface area contributed by atoms with E-state index in [2.05, 4.69) is 20.3 Å². The van der Waals surface area contributed by atoms with Crippen molar-refractivity contribution < 1.29 is 22.8 Å². The van der Waals surface area contributed by atoms with Gasteiger partial charge in [-0.05, 0) is 50.2 Å². The standard InChI is InChI=1S/C29H40N4O5S/c1-2-3-15-23(26(34)27(35)31-20-21-11-5-6-12-21)32-28(36)29(17-7-4-8-18-29)33-39(37,38)24-16-9-13-22-14-10-19-30-25(22)24/h9-10,13-14,16,19,21,23,33H,2-8,11-12,15,17-18,20H2,1H3,(H,31,35)(H,32,36)/t23-/m0/s1. The van der Waals surface area contributed by atoms with Crippen molar-refractivity contribution in [1.82, 2.24) is 20.3 Å². The lowest BCUT2D eigenvalue weighted by Gasteiger charge is -2.37. The Bertz CT molecular complexity index is 1280. The summed E-state index contributed by atoms with van der Waals surface area (Å²) in [6, 6.07) is 7.42. The Balaban J connectivity index is 1.54. The van der Waals surface area contributed by atoms with Crippen LogP contribution in [0.25, 0.3) is 10.9 Å². The number of Topliss-reactive ketones (excluding diaryl/α,β-unsaturated/α-hetero) is 1. The lowest BCUT2D eigenvalue weighted by atomic mass is 9.81. The molecule has 0 unspecified atom stereocenters. The average molecular weight is 557 g/mol. The number of unbranched alkanes of at least 4 members (excludes halogenated alkanes) is 1. The van der Waals surface area contributed by atoms with E-state index in [9.17, 15) is 22.8 Å². The number of hydrogen-bond acceptors (Lipinski definition) is 6. The number of ketones is 1. The molecule has 0 radical (unpaired) electrons. The van der Waals surface area contributed by atoms with Crippen LogP contribution in [0.3, 0.4) is 0 Å². The van der Waals surface area contributed by atoms with E-state index < -0.39 is 39.2 Å². The van der Waals surface area contributed by atoms with Crippen LogP contribution in [0.5, 0.6) is 0 Å². The van der Waals surface area contributed by atoms with Crippen LogP contribution >= 0.6 is 0 Å². The van der Waals surface area contributed by atoms with E-state index in [1.807, 2.05) is 6.92 Å². The molecule has 4 rings (SSSR count). The van der Waals surface area contributed by atoms with Gasteiger partial charge in [-0.15, -0.1) is 0 Å². The van der Waals surface area contributed by atoms with Crippen LogP contribution in [0.4, 0.5) is 0 Å². The second-order valence-electron chi connectivity index (χ2n) is 11.0. The fourth-order valence-corrected chi connectivity index (χ4v) is 7.41. The van der Waals surface area contributed by atoms with Gasteiger partial charge in [-0.3, -0.25) is 19.4 Å². The first-order chi connectivity index (χ1) is 18.8. The predicted molar refractivity (Wildman–Crippen MR) is 149 cm³/mol. The normalized spacial score (nSPS) is 18.5. The zero-order valence-electron chi connectivity index (χ0n) is 22.7. The van der Waals surface area contributed by atoms with Crippen LogP contribution in [-0.2, 0) is 24.4 Å². The Morgan fingerprint density at radius 1 is 1.03 bits per heavy atom. The number of fused-ring (bicyclic) bond motifs is 1. The Morgan fingerprint density at radius 3 is 2.46 bits per heavy atom. The number of carbonyl (C=O) groups excluding carboxylic acids is 3. The molecule has 2 aliphatic rings. The number of nitrogens with one attached hydrogen (secondary N) is 3. The molecule has 0 saturated heterocycles. The summed E-state index contributed by atoms with van der Waals surface area (Å²) in [5.74, 6) is -1.55. The van der Waals surface area contributed by atoms with Crippen LogP contribution in [0, 0.1) is 5.92 Å². The number of aromatic nitrogens is 1. The van der Waals surface area contributed by atoms with Crippen molar-refractivity contribution in [1.29, 1.82) is 0 Å². The SMILES string of the molecule is CCCC[C@H](NC(=O)C1(NS(=O)(=O)c2cccc3cccnc23)CCCCC1)C(=O)C(=O)NCC1CCCC1. The average Bonchev–Trinajstić information content (AvgIpc) is 3.47. The van der Waals surface area contributed by atoms with Gasteiger partial charge in [0.25, 0.3) is 5.91 Å². The summed E-state index contributed by atoms with van der Waals surface area (Å²) in [5, 5.41) is 6.23. The van der Waals surface area contributed by atoms with E-state index >= 15 is 0 Å². The summed E-state index contributed by atoms with van der Waals surface area (Å²) in [5.41, 5.74) is -1.09. The summed E-state index contributed by atoms with van der Waals surface area (Å²) in [4.78, 5) is 44.0. The number of para-hydroxylation sites is 1. The first kappa shape index (κ1) is 29.1. The van der Waals surface area contributed by atoms with Crippen molar-refractivity contribution in [2.75, 3.05) is 6.54 Å². The largest absolute Gasteiger partial charge is 0.349 e. The van der Waals surface area contributed by atoms with Crippen molar-refractivity contribution in [2.24, 2.45) is 5.92 Å². The fourth-order valence-electron chi connectivity index (χ4n) is 5.81. The molecule has 1 aromatic carbocycles. The number of amides is 2. The minimum absolute atomic E-state index is 0.00301. The highest BCUT2D eigenvalue weighted by atomic mass is 32.2. The molecule has 2 aliphatic carbocycles. The van der Waals surface area contributed by atoms with Crippen LogP contribution in [-0.4, -0.2) is 49.1 Å². The quantitative estimate of drug-likeness (QED) is 0.341. The van der Waals surface area contributed by atoms with Gasteiger partial charge in [-0.1, -0.05) is 70.1 Å². The summed E-state index contributed by atoms with van der Waals surface area (Å²) >= 11 is 0. The van der Waals surface area contributed by atoms with Crippen LogP contribution in [0.15, 0.2) is 41.4 Å². The Kier molecular flexibility index (Phi) is 9.71. The summed E-state index contributed by atoms with van der Waals surface area (Å²) in [7, 11) is -4.13. The van der Waals surface area contributed by atoms with Crippen molar-refractivity contribution in [3.63, 3.8) is 0 Å². The summed E-state index contributed by atoms with van der Waals surface area (Å²) < 4.78 is 30.1. The third-order valence-corrected chi connectivity index (χ3v) is 9.64. The zero-order valence-corrected chi connectivity index (χ0v) is 23.5. The van der Waals surface area contributed by atoms with Gasteiger partial charge in [0.1, 0.15) is 10.4 Å². The number of rotatable bonds is 12. The topological polar surface area (TPSA) is 134 Å². The van der Waals surface area contributed by atoms with Crippen LogP contribution < -0.4 is 15.4 Å². The van der Waals surface area contributed by atoms with Crippen molar-refractivity contribution in [2.45, 2.75) is 100 Å². The minimum Gasteiger partial charge on any atom is -0.349 e. The van der Waals surface area contributed by atoms with Crippen LogP contribution in [0.2, 0.25) is 0 Å². The molecule has 0 bridgehead atoms. The lowest BCUT2D eigenvalue weighted by Crippen LogP contribution is -2.62. The molecule has 212 valence electrons. The van der Waals surface area contributed by atoms with Gasteiger partial charge in [0.15, 0.2) is 0 Å². The van der Waals surface area contributed by atoms with Gasteiger partial charge >= 0.3 is 0 Å². The first-order valence-corrected chi connectivity index (χ1v) is 15.7. The monoisotopic (exact) mass is 556 g/mol. The molecule has 1 aromatic heterocycles. The highest BCUT2D eigenvalue weighted by Crippen LogP contribution is 2.32. The molecule has 0 spiro atoms. The second kappa shape index (κ2) is 13.0.